The van der Waals surface area contributed by atoms with Crippen LogP contribution in [0.1, 0.15) is 12.0 Å². The van der Waals surface area contributed by atoms with E-state index in [1.165, 1.54) is 0 Å². The summed E-state index contributed by atoms with van der Waals surface area (Å²) in [6.07, 6.45) is 1.28. The van der Waals surface area contributed by atoms with Crippen molar-refractivity contribution < 1.29 is 17.9 Å². The Kier molecular flexibility index (Phi) is 4.89. The van der Waals surface area contributed by atoms with Gasteiger partial charge in [0.25, 0.3) is 10.0 Å². The number of hydrogen-bond acceptors (Lipinski definition) is 5. The Hall–Kier alpha value is -2.74. The molecule has 0 amide bonds. The highest BCUT2D eigenvalue weighted by molar-refractivity contribution is 7.92. The maximum absolute atomic E-state index is 12.4. The third-order valence-electron chi connectivity index (χ3n) is 4.17. The molecule has 0 aliphatic carbocycles. The molecular formula is C20H18N2O4S. The van der Waals surface area contributed by atoms with E-state index in [4.69, 9.17) is 9.47 Å². The summed E-state index contributed by atoms with van der Waals surface area (Å²) >= 11 is 0. The first-order chi connectivity index (χ1) is 13.1. The van der Waals surface area contributed by atoms with Crippen LogP contribution >= 0.6 is 0 Å². The standard InChI is InChI=1S/C20H18N2O4S/c23-27(24,18-4-2-1-3-5-18)22-17-8-6-15(7-9-17)16-10-11-21-19(14-16)20-25-12-13-26-20/h1-11,14,20,22H,12-13H2. The highest BCUT2D eigenvalue weighted by Crippen LogP contribution is 2.27. The van der Waals surface area contributed by atoms with Gasteiger partial charge >= 0.3 is 0 Å². The number of aromatic nitrogens is 1. The molecule has 0 spiro atoms. The number of anilines is 1. The molecule has 1 aliphatic rings. The normalized spacial score (nSPS) is 15.0. The van der Waals surface area contributed by atoms with E-state index in [0.717, 1.165) is 16.8 Å². The van der Waals surface area contributed by atoms with E-state index >= 15 is 0 Å². The van der Waals surface area contributed by atoms with Crippen molar-refractivity contribution in [3.63, 3.8) is 0 Å². The highest BCUT2D eigenvalue weighted by Gasteiger charge is 2.20. The fraction of sp³-hybridized carbons (Fsp3) is 0.150. The molecule has 1 saturated heterocycles. The van der Waals surface area contributed by atoms with Gasteiger partial charge in [-0.1, -0.05) is 30.3 Å². The summed E-state index contributed by atoms with van der Waals surface area (Å²) in [5.41, 5.74) is 3.12. The molecule has 3 aromatic rings. The Morgan fingerprint density at radius 2 is 1.59 bits per heavy atom. The Balaban J connectivity index is 1.53. The van der Waals surface area contributed by atoms with Gasteiger partial charge in [0, 0.05) is 11.9 Å². The molecule has 138 valence electrons. The minimum Gasteiger partial charge on any atom is -0.345 e. The van der Waals surface area contributed by atoms with Crippen LogP contribution in [-0.4, -0.2) is 26.6 Å². The molecule has 1 N–H and O–H groups in total. The van der Waals surface area contributed by atoms with E-state index in [2.05, 4.69) is 9.71 Å². The molecule has 27 heavy (non-hydrogen) atoms. The van der Waals surface area contributed by atoms with Gasteiger partial charge in [0.05, 0.1) is 23.8 Å². The van der Waals surface area contributed by atoms with Crippen molar-refractivity contribution in [2.24, 2.45) is 0 Å². The third-order valence-corrected chi connectivity index (χ3v) is 5.57. The van der Waals surface area contributed by atoms with Gasteiger partial charge in [-0.15, -0.1) is 0 Å². The first kappa shape index (κ1) is 17.7. The van der Waals surface area contributed by atoms with Crippen LogP contribution < -0.4 is 4.72 Å². The number of ether oxygens (including phenoxy) is 2. The second kappa shape index (κ2) is 7.48. The fourth-order valence-electron chi connectivity index (χ4n) is 2.83. The predicted molar refractivity (Wildman–Crippen MR) is 102 cm³/mol. The Bertz CT molecular complexity index is 1020. The van der Waals surface area contributed by atoms with Crippen molar-refractivity contribution in [3.8, 4) is 11.1 Å². The van der Waals surface area contributed by atoms with Gasteiger partial charge in [-0.3, -0.25) is 9.71 Å². The summed E-state index contributed by atoms with van der Waals surface area (Å²) in [6, 6.07) is 19.3. The Morgan fingerprint density at radius 1 is 0.889 bits per heavy atom. The zero-order chi connectivity index (χ0) is 18.7. The van der Waals surface area contributed by atoms with Gasteiger partial charge in [0.15, 0.2) is 0 Å². The predicted octanol–water partition coefficient (Wildman–Crippen LogP) is 3.59. The molecule has 6 nitrogen and oxygen atoms in total. The van der Waals surface area contributed by atoms with Gasteiger partial charge in [-0.05, 0) is 47.5 Å². The zero-order valence-electron chi connectivity index (χ0n) is 14.4. The van der Waals surface area contributed by atoms with E-state index in [1.807, 2.05) is 24.3 Å². The largest absolute Gasteiger partial charge is 0.345 e. The zero-order valence-corrected chi connectivity index (χ0v) is 15.2. The molecule has 1 fully saturated rings. The summed E-state index contributed by atoms with van der Waals surface area (Å²) in [5, 5.41) is 0. The number of nitrogens with one attached hydrogen (secondary N) is 1. The number of hydrogen-bond donors (Lipinski definition) is 1. The van der Waals surface area contributed by atoms with Crippen molar-refractivity contribution >= 4 is 15.7 Å². The smallest absolute Gasteiger partial charge is 0.261 e. The van der Waals surface area contributed by atoms with E-state index in [1.54, 1.807) is 48.7 Å². The Labute approximate surface area is 157 Å². The van der Waals surface area contributed by atoms with Crippen LogP contribution in [0, 0.1) is 0 Å². The molecule has 7 heteroatoms. The van der Waals surface area contributed by atoms with Crippen LogP contribution in [0.15, 0.2) is 77.8 Å². The quantitative estimate of drug-likeness (QED) is 0.730. The maximum atomic E-state index is 12.4. The van der Waals surface area contributed by atoms with Gasteiger partial charge in [-0.2, -0.15) is 0 Å². The summed E-state index contributed by atoms with van der Waals surface area (Å²) in [6.45, 7) is 1.12. The molecular weight excluding hydrogens is 364 g/mol. The lowest BCUT2D eigenvalue weighted by Gasteiger charge is -2.11. The minimum atomic E-state index is -3.60. The topological polar surface area (TPSA) is 77.5 Å². The van der Waals surface area contributed by atoms with Crippen LogP contribution in [0.3, 0.4) is 0 Å². The minimum absolute atomic E-state index is 0.226. The second-order valence-electron chi connectivity index (χ2n) is 6.04. The van der Waals surface area contributed by atoms with Crippen LogP contribution in [0.5, 0.6) is 0 Å². The maximum Gasteiger partial charge on any atom is 0.261 e. The van der Waals surface area contributed by atoms with Gasteiger partial charge < -0.3 is 9.47 Å². The fourth-order valence-corrected chi connectivity index (χ4v) is 3.91. The van der Waals surface area contributed by atoms with Gasteiger partial charge in [-0.25, -0.2) is 8.42 Å². The van der Waals surface area contributed by atoms with E-state index in [0.29, 0.717) is 18.9 Å². The molecule has 4 rings (SSSR count). The number of sulfonamides is 1. The first-order valence-corrected chi connectivity index (χ1v) is 9.98. The molecule has 0 bridgehead atoms. The van der Waals surface area contributed by atoms with Crippen molar-refractivity contribution in [2.75, 3.05) is 17.9 Å². The van der Waals surface area contributed by atoms with E-state index < -0.39 is 16.3 Å². The molecule has 0 radical (unpaired) electrons. The van der Waals surface area contributed by atoms with Crippen LogP contribution in [0.4, 0.5) is 5.69 Å². The molecule has 0 saturated carbocycles. The second-order valence-corrected chi connectivity index (χ2v) is 7.72. The lowest BCUT2D eigenvalue weighted by Crippen LogP contribution is -2.12. The number of pyridine rings is 1. The average Bonchev–Trinajstić information content (AvgIpc) is 3.24. The molecule has 2 aromatic carbocycles. The number of benzene rings is 2. The SMILES string of the molecule is O=S(=O)(Nc1ccc(-c2ccnc(C3OCCO3)c2)cc1)c1ccccc1. The Morgan fingerprint density at radius 3 is 2.30 bits per heavy atom. The lowest BCUT2D eigenvalue weighted by atomic mass is 10.1. The third kappa shape index (κ3) is 4.00. The lowest BCUT2D eigenvalue weighted by molar-refractivity contribution is -0.0472. The molecule has 1 aromatic heterocycles. The van der Waals surface area contributed by atoms with E-state index in [9.17, 15) is 8.42 Å². The molecule has 1 aliphatic heterocycles. The first-order valence-electron chi connectivity index (χ1n) is 8.49. The van der Waals surface area contributed by atoms with Crippen LogP contribution in [-0.2, 0) is 19.5 Å². The van der Waals surface area contributed by atoms with Gasteiger partial charge in [0.2, 0.25) is 6.29 Å². The molecule has 0 unspecified atom stereocenters. The van der Waals surface area contributed by atoms with Crippen molar-refractivity contribution in [2.45, 2.75) is 11.2 Å². The molecule has 2 heterocycles. The highest BCUT2D eigenvalue weighted by atomic mass is 32.2. The monoisotopic (exact) mass is 382 g/mol. The van der Waals surface area contributed by atoms with Crippen LogP contribution in [0.2, 0.25) is 0 Å². The summed E-state index contributed by atoms with van der Waals surface area (Å²) in [7, 11) is -3.60. The van der Waals surface area contributed by atoms with Gasteiger partial charge in [0.1, 0.15) is 0 Å². The van der Waals surface area contributed by atoms with Crippen LogP contribution in [0.25, 0.3) is 11.1 Å². The van der Waals surface area contributed by atoms with Crippen molar-refractivity contribution in [3.05, 3.63) is 78.6 Å². The number of nitrogens with zero attached hydrogens (tertiary/aromatic N) is 1. The van der Waals surface area contributed by atoms with Crippen molar-refractivity contribution in [1.29, 1.82) is 0 Å². The van der Waals surface area contributed by atoms with Crippen molar-refractivity contribution in [1.82, 2.24) is 4.98 Å². The summed E-state index contributed by atoms with van der Waals surface area (Å²) < 4.78 is 38.4. The molecule has 0 atom stereocenters. The average molecular weight is 382 g/mol. The van der Waals surface area contributed by atoms with E-state index in [-0.39, 0.29) is 4.90 Å². The summed E-state index contributed by atoms with van der Waals surface area (Å²) in [5.74, 6) is 0. The number of rotatable bonds is 5. The summed E-state index contributed by atoms with van der Waals surface area (Å²) in [4.78, 5) is 4.53.